The number of anilines is 1. The zero-order valence-electron chi connectivity index (χ0n) is 15.1. The molecule has 0 spiro atoms. The molecule has 1 amide bonds. The molecule has 0 aliphatic heterocycles. The van der Waals surface area contributed by atoms with E-state index in [1.807, 2.05) is 26.1 Å². The monoisotopic (exact) mass is 388 g/mol. The average Bonchev–Trinajstić information content (AvgIpc) is 3.25. The van der Waals surface area contributed by atoms with Crippen molar-refractivity contribution < 1.29 is 9.53 Å². The van der Waals surface area contributed by atoms with E-state index in [0.29, 0.717) is 36.2 Å². The van der Waals surface area contributed by atoms with Crippen LogP contribution < -0.4 is 15.8 Å². The van der Waals surface area contributed by atoms with Crippen molar-refractivity contribution in [1.82, 2.24) is 19.6 Å². The fourth-order valence-corrected chi connectivity index (χ4v) is 2.88. The number of nitrogens with one attached hydrogen (secondary N) is 1. The summed E-state index contributed by atoms with van der Waals surface area (Å²) in [5, 5.41) is 11.5. The van der Waals surface area contributed by atoms with Crippen LogP contribution >= 0.6 is 11.6 Å². The molecule has 0 saturated heterocycles. The SMILES string of the molecule is CCn1cc(Cl)c(C(=O)Nc2ccc(OCCN)c(-c3ccnn3C)c2)n1. The summed E-state index contributed by atoms with van der Waals surface area (Å²) in [6.45, 7) is 3.35. The van der Waals surface area contributed by atoms with Crippen LogP contribution in [0.4, 0.5) is 5.69 Å². The number of hydrogen-bond acceptors (Lipinski definition) is 5. The second-order valence-electron chi connectivity index (χ2n) is 5.82. The van der Waals surface area contributed by atoms with Crippen molar-refractivity contribution in [3.63, 3.8) is 0 Å². The van der Waals surface area contributed by atoms with Crippen molar-refractivity contribution in [1.29, 1.82) is 0 Å². The standard InChI is InChI=1S/C18H21ClN6O2/c1-3-25-11-14(19)17(23-25)18(26)22-12-4-5-16(27-9-7-20)13(10-12)15-6-8-21-24(15)2/h4-6,8,10-11H,3,7,9,20H2,1-2H3,(H,22,26). The van der Waals surface area contributed by atoms with Gasteiger partial charge in [0.1, 0.15) is 12.4 Å². The van der Waals surface area contributed by atoms with Gasteiger partial charge in [0.2, 0.25) is 0 Å². The van der Waals surface area contributed by atoms with Crippen molar-refractivity contribution >= 4 is 23.2 Å². The zero-order chi connectivity index (χ0) is 19.4. The molecular formula is C18H21ClN6O2. The molecule has 0 unspecified atom stereocenters. The highest BCUT2D eigenvalue weighted by molar-refractivity contribution is 6.34. The normalized spacial score (nSPS) is 10.8. The van der Waals surface area contributed by atoms with Crippen molar-refractivity contribution in [3.8, 4) is 17.0 Å². The molecular weight excluding hydrogens is 368 g/mol. The summed E-state index contributed by atoms with van der Waals surface area (Å²) in [6.07, 6.45) is 3.33. The zero-order valence-corrected chi connectivity index (χ0v) is 15.9. The maximum Gasteiger partial charge on any atom is 0.277 e. The summed E-state index contributed by atoms with van der Waals surface area (Å²) < 4.78 is 9.08. The Labute approximate surface area is 161 Å². The van der Waals surface area contributed by atoms with Crippen molar-refractivity contribution in [2.45, 2.75) is 13.5 Å². The molecule has 3 rings (SSSR count). The summed E-state index contributed by atoms with van der Waals surface area (Å²) in [5.74, 6) is 0.286. The van der Waals surface area contributed by atoms with Crippen molar-refractivity contribution in [2.75, 3.05) is 18.5 Å². The molecule has 0 fully saturated rings. The van der Waals surface area contributed by atoms with E-state index in [2.05, 4.69) is 15.5 Å². The highest BCUT2D eigenvalue weighted by Crippen LogP contribution is 2.32. The van der Waals surface area contributed by atoms with Crippen LogP contribution in [0.15, 0.2) is 36.7 Å². The second kappa shape index (κ2) is 8.24. The first-order valence-corrected chi connectivity index (χ1v) is 8.90. The van der Waals surface area contributed by atoms with Gasteiger partial charge in [-0.2, -0.15) is 10.2 Å². The number of hydrogen-bond donors (Lipinski definition) is 2. The maximum atomic E-state index is 12.5. The van der Waals surface area contributed by atoms with Gasteiger partial charge in [-0.15, -0.1) is 0 Å². The summed E-state index contributed by atoms with van der Waals surface area (Å²) in [4.78, 5) is 12.5. The van der Waals surface area contributed by atoms with Crippen LogP contribution in [-0.4, -0.2) is 38.6 Å². The lowest BCUT2D eigenvalue weighted by atomic mass is 10.1. The number of benzene rings is 1. The molecule has 0 bridgehead atoms. The molecule has 8 nitrogen and oxygen atoms in total. The van der Waals surface area contributed by atoms with Gasteiger partial charge < -0.3 is 15.8 Å². The Hall–Kier alpha value is -2.84. The smallest absolute Gasteiger partial charge is 0.277 e. The average molecular weight is 389 g/mol. The lowest BCUT2D eigenvalue weighted by Crippen LogP contribution is -2.14. The lowest BCUT2D eigenvalue weighted by molar-refractivity contribution is 0.102. The van der Waals surface area contributed by atoms with E-state index >= 15 is 0 Å². The van der Waals surface area contributed by atoms with E-state index in [0.717, 1.165) is 11.3 Å². The highest BCUT2D eigenvalue weighted by Gasteiger charge is 2.17. The third kappa shape index (κ3) is 4.12. The first-order chi connectivity index (χ1) is 13.0. The van der Waals surface area contributed by atoms with E-state index in [-0.39, 0.29) is 11.6 Å². The lowest BCUT2D eigenvalue weighted by Gasteiger charge is -2.13. The fourth-order valence-electron chi connectivity index (χ4n) is 2.64. The Bertz CT molecular complexity index is 949. The minimum absolute atomic E-state index is 0.184. The number of rotatable bonds is 7. The van der Waals surface area contributed by atoms with Crippen LogP contribution in [-0.2, 0) is 13.6 Å². The minimum Gasteiger partial charge on any atom is -0.492 e. The molecule has 1 aromatic carbocycles. The molecule has 0 aliphatic rings. The van der Waals surface area contributed by atoms with Gasteiger partial charge in [0.25, 0.3) is 5.91 Å². The maximum absolute atomic E-state index is 12.5. The van der Waals surface area contributed by atoms with E-state index in [1.54, 1.807) is 33.9 Å². The topological polar surface area (TPSA) is 100.0 Å². The van der Waals surface area contributed by atoms with Crippen LogP contribution in [0.1, 0.15) is 17.4 Å². The number of carbonyl (C=O) groups is 1. The van der Waals surface area contributed by atoms with Gasteiger partial charge in [0.15, 0.2) is 5.69 Å². The van der Waals surface area contributed by atoms with Gasteiger partial charge in [0.05, 0.1) is 10.7 Å². The Kier molecular flexibility index (Phi) is 5.78. The van der Waals surface area contributed by atoms with Crippen molar-refractivity contribution in [3.05, 3.63) is 47.4 Å². The van der Waals surface area contributed by atoms with E-state index in [4.69, 9.17) is 22.1 Å². The summed E-state index contributed by atoms with van der Waals surface area (Å²) in [7, 11) is 1.84. The number of ether oxygens (including phenoxy) is 1. The van der Waals surface area contributed by atoms with Gasteiger partial charge in [-0.3, -0.25) is 14.2 Å². The quantitative estimate of drug-likeness (QED) is 0.647. The van der Waals surface area contributed by atoms with E-state index in [9.17, 15) is 4.79 Å². The molecule has 0 saturated carbocycles. The van der Waals surface area contributed by atoms with Crippen LogP contribution in [0, 0.1) is 0 Å². The molecule has 0 radical (unpaired) electrons. The number of nitrogens with zero attached hydrogens (tertiary/aromatic N) is 4. The number of amides is 1. The van der Waals surface area contributed by atoms with Gasteiger partial charge >= 0.3 is 0 Å². The summed E-state index contributed by atoms with van der Waals surface area (Å²) in [6, 6.07) is 7.25. The molecule has 2 aromatic heterocycles. The van der Waals surface area contributed by atoms with Crippen LogP contribution in [0.3, 0.4) is 0 Å². The van der Waals surface area contributed by atoms with Gasteiger partial charge in [-0.25, -0.2) is 0 Å². The molecule has 0 aliphatic carbocycles. The second-order valence-corrected chi connectivity index (χ2v) is 6.23. The number of aryl methyl sites for hydroxylation is 2. The highest BCUT2D eigenvalue weighted by atomic mass is 35.5. The molecule has 142 valence electrons. The number of nitrogens with two attached hydrogens (primary N) is 1. The van der Waals surface area contributed by atoms with Gasteiger partial charge in [-0.1, -0.05) is 11.6 Å². The van der Waals surface area contributed by atoms with E-state index < -0.39 is 0 Å². The summed E-state index contributed by atoms with van der Waals surface area (Å²) in [5.41, 5.74) is 7.97. The van der Waals surface area contributed by atoms with Crippen molar-refractivity contribution in [2.24, 2.45) is 12.8 Å². The molecule has 3 aromatic rings. The minimum atomic E-state index is -0.376. The molecule has 27 heavy (non-hydrogen) atoms. The van der Waals surface area contributed by atoms with Crippen LogP contribution in [0.25, 0.3) is 11.3 Å². The Balaban J connectivity index is 1.91. The number of halogens is 1. The Morgan fingerprint density at radius 3 is 2.81 bits per heavy atom. The number of aromatic nitrogens is 4. The van der Waals surface area contributed by atoms with Gasteiger partial charge in [-0.05, 0) is 31.2 Å². The predicted octanol–water partition coefficient (Wildman–Crippen LogP) is 2.55. The van der Waals surface area contributed by atoms with Crippen LogP contribution in [0.5, 0.6) is 5.75 Å². The largest absolute Gasteiger partial charge is 0.492 e. The first kappa shape index (κ1) is 18.9. The fraction of sp³-hybridized carbons (Fsp3) is 0.278. The van der Waals surface area contributed by atoms with Crippen LogP contribution in [0.2, 0.25) is 5.02 Å². The van der Waals surface area contributed by atoms with Gasteiger partial charge in [0, 0.05) is 43.8 Å². The Morgan fingerprint density at radius 1 is 1.37 bits per heavy atom. The molecule has 2 heterocycles. The van der Waals surface area contributed by atoms with E-state index in [1.165, 1.54) is 0 Å². The molecule has 9 heteroatoms. The summed E-state index contributed by atoms with van der Waals surface area (Å²) >= 11 is 6.11. The third-order valence-electron chi connectivity index (χ3n) is 3.97. The Morgan fingerprint density at radius 2 is 2.19 bits per heavy atom. The third-order valence-corrected chi connectivity index (χ3v) is 4.24. The first-order valence-electron chi connectivity index (χ1n) is 8.53. The predicted molar refractivity (Wildman–Crippen MR) is 104 cm³/mol. The number of carbonyl (C=O) groups excluding carboxylic acids is 1. The molecule has 3 N–H and O–H groups in total. The molecule has 0 atom stereocenters.